The van der Waals surface area contributed by atoms with Gasteiger partial charge >= 0.3 is 0 Å². The second-order valence-corrected chi connectivity index (χ2v) is 11.8. The molecule has 0 bridgehead atoms. The van der Waals surface area contributed by atoms with Crippen molar-refractivity contribution in [2.24, 2.45) is 10.7 Å². The largest absolute Gasteiger partial charge is 0.504 e. The van der Waals surface area contributed by atoms with Crippen LogP contribution in [-0.4, -0.2) is 77.9 Å². The van der Waals surface area contributed by atoms with Crippen molar-refractivity contribution in [2.45, 2.75) is 25.4 Å². The van der Waals surface area contributed by atoms with Gasteiger partial charge in [-0.05, 0) is 48.7 Å². The van der Waals surface area contributed by atoms with Crippen LogP contribution in [-0.2, 0) is 6.54 Å². The Balaban J connectivity index is 1.32. The summed E-state index contributed by atoms with van der Waals surface area (Å²) in [6.07, 6.45) is 1.35. The summed E-state index contributed by atoms with van der Waals surface area (Å²) in [5.41, 5.74) is 7.50. The molecule has 1 saturated heterocycles. The summed E-state index contributed by atoms with van der Waals surface area (Å²) in [5.74, 6) is -2.87. The Morgan fingerprint density at radius 2 is 1.70 bits per heavy atom. The normalized spacial score (nSPS) is 15.4. The van der Waals surface area contributed by atoms with E-state index < -0.39 is 23.4 Å². The molecule has 0 atom stereocenters. The lowest BCUT2D eigenvalue weighted by Crippen LogP contribution is -2.43. The summed E-state index contributed by atoms with van der Waals surface area (Å²) in [7, 11) is 3.59. The first kappa shape index (κ1) is 31.7. The number of benzene rings is 3. The molecule has 12 heteroatoms. The number of hydrogen-bond donors (Lipinski definition) is 3. The monoisotopic (exact) mass is 641 g/mol. The van der Waals surface area contributed by atoms with E-state index in [0.29, 0.717) is 19.4 Å². The summed E-state index contributed by atoms with van der Waals surface area (Å²) in [6.45, 7) is 3.76. The molecular weight excluding hydrogens is 604 g/mol. The van der Waals surface area contributed by atoms with E-state index in [1.54, 1.807) is 30.1 Å². The van der Waals surface area contributed by atoms with E-state index in [2.05, 4.69) is 27.0 Å². The molecule has 2 aliphatic heterocycles. The molecule has 6 rings (SSSR count). The summed E-state index contributed by atoms with van der Waals surface area (Å²) in [5, 5.41) is 18.2. The summed E-state index contributed by atoms with van der Waals surface area (Å²) in [6, 6.07) is 21.0. The van der Waals surface area contributed by atoms with Gasteiger partial charge in [0.15, 0.2) is 11.5 Å². The van der Waals surface area contributed by atoms with Crippen molar-refractivity contribution in [1.29, 1.82) is 5.41 Å². The third-order valence-corrected chi connectivity index (χ3v) is 8.54. The standard InChI is InChI=1S/C35H37F2N7O3/c1-42-18-15-40-33(42)24-9-6-10-26(19-24)46-34-29(36)31(30(37)35(41-34)47-28-20-23(32(38)39)11-12-27(28)45)43(2)25-13-16-44(17-14-25)21-22-7-4-3-5-8-22/h3-12,19-20,25,45H,13-18,21H2,1-2H3,(H3,38,39). The van der Waals surface area contributed by atoms with E-state index in [-0.39, 0.29) is 40.4 Å². The van der Waals surface area contributed by atoms with Gasteiger partial charge in [0.1, 0.15) is 23.1 Å². The molecular formula is C35H37F2N7O3. The number of rotatable bonds is 10. The molecule has 244 valence electrons. The predicted octanol–water partition coefficient (Wildman–Crippen LogP) is 5.73. The zero-order chi connectivity index (χ0) is 33.1. The number of nitrogens with one attached hydrogen (secondary N) is 1. The first-order valence-electron chi connectivity index (χ1n) is 15.4. The molecule has 0 spiro atoms. The zero-order valence-corrected chi connectivity index (χ0v) is 26.3. The second-order valence-electron chi connectivity index (χ2n) is 11.8. The molecule has 0 aliphatic carbocycles. The number of hydrogen-bond acceptors (Lipinski definition) is 9. The van der Waals surface area contributed by atoms with Crippen molar-refractivity contribution < 1.29 is 23.4 Å². The molecule has 4 aromatic rings. The topological polar surface area (TPSA) is 124 Å². The fourth-order valence-corrected chi connectivity index (χ4v) is 5.95. The van der Waals surface area contributed by atoms with Crippen LogP contribution in [0.2, 0.25) is 0 Å². The molecule has 2 aliphatic rings. The lowest BCUT2D eigenvalue weighted by Gasteiger charge is -2.38. The van der Waals surface area contributed by atoms with Gasteiger partial charge in [0.2, 0.25) is 11.6 Å². The minimum absolute atomic E-state index is 0.178. The van der Waals surface area contributed by atoms with Crippen molar-refractivity contribution in [1.82, 2.24) is 14.8 Å². The van der Waals surface area contributed by atoms with E-state index in [9.17, 15) is 5.11 Å². The number of phenols is 1. The van der Waals surface area contributed by atoms with Crippen LogP contribution < -0.4 is 20.1 Å². The van der Waals surface area contributed by atoms with E-state index in [1.165, 1.54) is 23.8 Å². The fraction of sp³-hybridized carbons (Fsp3) is 0.286. The highest BCUT2D eigenvalue weighted by Gasteiger charge is 2.32. The van der Waals surface area contributed by atoms with Gasteiger partial charge in [-0.3, -0.25) is 15.3 Å². The number of nitrogen functional groups attached to an aromatic ring is 1. The van der Waals surface area contributed by atoms with Crippen molar-refractivity contribution in [3.05, 3.63) is 101 Å². The number of halogens is 2. The number of ether oxygens (including phenoxy) is 2. The first-order chi connectivity index (χ1) is 22.7. The van der Waals surface area contributed by atoms with Gasteiger partial charge in [0.25, 0.3) is 11.8 Å². The maximum absolute atomic E-state index is 16.4. The highest BCUT2D eigenvalue weighted by molar-refractivity contribution is 6.00. The highest BCUT2D eigenvalue weighted by Crippen LogP contribution is 2.41. The predicted molar refractivity (Wildman–Crippen MR) is 177 cm³/mol. The summed E-state index contributed by atoms with van der Waals surface area (Å²) >= 11 is 0. The summed E-state index contributed by atoms with van der Waals surface area (Å²) < 4.78 is 44.4. The number of amidine groups is 2. The maximum atomic E-state index is 16.4. The molecule has 1 aromatic heterocycles. The van der Waals surface area contributed by atoms with Crippen molar-refractivity contribution >= 4 is 17.4 Å². The fourth-order valence-electron chi connectivity index (χ4n) is 5.95. The van der Waals surface area contributed by atoms with Crippen LogP contribution >= 0.6 is 0 Å². The molecule has 10 nitrogen and oxygen atoms in total. The molecule has 0 unspecified atom stereocenters. The van der Waals surface area contributed by atoms with E-state index in [4.69, 9.17) is 20.6 Å². The van der Waals surface area contributed by atoms with Gasteiger partial charge in [0.05, 0.1) is 6.54 Å². The number of nitrogens with two attached hydrogens (primary N) is 1. The number of piperidine rings is 1. The second kappa shape index (κ2) is 13.6. The number of aromatic nitrogens is 1. The average Bonchev–Trinajstić information content (AvgIpc) is 3.51. The average molecular weight is 642 g/mol. The third-order valence-electron chi connectivity index (χ3n) is 8.54. The number of phenolic OH excluding ortho intramolecular Hbond substituents is 1. The van der Waals surface area contributed by atoms with Crippen LogP contribution in [0, 0.1) is 17.0 Å². The Morgan fingerprint density at radius 3 is 2.38 bits per heavy atom. The minimum Gasteiger partial charge on any atom is -0.504 e. The van der Waals surface area contributed by atoms with Gasteiger partial charge in [-0.2, -0.15) is 13.8 Å². The van der Waals surface area contributed by atoms with Gasteiger partial charge in [-0.15, -0.1) is 0 Å². The van der Waals surface area contributed by atoms with Crippen molar-refractivity contribution in [3.8, 4) is 29.0 Å². The van der Waals surface area contributed by atoms with Gasteiger partial charge in [-0.1, -0.05) is 42.5 Å². The quantitative estimate of drug-likeness (QED) is 0.148. The smallest absolute Gasteiger partial charge is 0.261 e. The van der Waals surface area contributed by atoms with Crippen LogP contribution in [0.15, 0.2) is 77.8 Å². The number of nitrogens with zero attached hydrogens (tertiary/aromatic N) is 5. The molecule has 0 amide bonds. The zero-order valence-electron chi connectivity index (χ0n) is 26.3. The molecule has 3 heterocycles. The molecule has 0 radical (unpaired) electrons. The first-order valence-corrected chi connectivity index (χ1v) is 15.4. The van der Waals surface area contributed by atoms with Gasteiger partial charge in [0, 0.05) is 57.4 Å². The van der Waals surface area contributed by atoms with Crippen LogP contribution in [0.4, 0.5) is 14.5 Å². The number of likely N-dealkylation sites (N-methyl/N-ethyl adjacent to an activating group) is 1. The molecule has 0 saturated carbocycles. The number of pyridine rings is 1. The number of likely N-dealkylation sites (tertiary alicyclic amines) is 1. The number of aromatic hydroxyl groups is 1. The Kier molecular flexibility index (Phi) is 9.21. The van der Waals surface area contributed by atoms with E-state index >= 15 is 8.78 Å². The van der Waals surface area contributed by atoms with Crippen LogP contribution in [0.25, 0.3) is 0 Å². The Hall–Kier alpha value is -5.23. The SMILES string of the molecule is CN1CCN=C1c1cccc(Oc2nc(Oc3cc(C(=N)N)ccc3O)c(F)c(N(C)C3CCN(Cc4ccccc4)CC3)c2F)c1. The maximum Gasteiger partial charge on any atom is 0.261 e. The number of aliphatic imine (C=N–C) groups is 1. The summed E-state index contributed by atoms with van der Waals surface area (Å²) in [4.78, 5) is 14.6. The minimum atomic E-state index is -1.05. The van der Waals surface area contributed by atoms with E-state index in [0.717, 1.165) is 37.6 Å². The Bertz CT molecular complexity index is 1800. The molecule has 3 aromatic carbocycles. The van der Waals surface area contributed by atoms with Crippen molar-refractivity contribution in [3.63, 3.8) is 0 Å². The molecule has 1 fully saturated rings. The lowest BCUT2D eigenvalue weighted by molar-refractivity contribution is 0.202. The number of anilines is 1. The molecule has 4 N–H and O–H groups in total. The lowest BCUT2D eigenvalue weighted by atomic mass is 10.0. The van der Waals surface area contributed by atoms with Crippen LogP contribution in [0.3, 0.4) is 0 Å². The van der Waals surface area contributed by atoms with Crippen LogP contribution in [0.5, 0.6) is 29.0 Å². The Morgan fingerprint density at radius 1 is 0.979 bits per heavy atom. The highest BCUT2D eigenvalue weighted by atomic mass is 19.1. The third kappa shape index (κ3) is 6.97. The Labute approximate surface area is 272 Å². The van der Waals surface area contributed by atoms with E-state index in [1.807, 2.05) is 36.2 Å². The van der Waals surface area contributed by atoms with Gasteiger partial charge < -0.3 is 30.1 Å². The molecule has 47 heavy (non-hydrogen) atoms. The van der Waals surface area contributed by atoms with Gasteiger partial charge in [-0.25, -0.2) is 0 Å². The van der Waals surface area contributed by atoms with Crippen molar-refractivity contribution in [2.75, 3.05) is 45.2 Å². The van der Waals surface area contributed by atoms with Crippen LogP contribution in [0.1, 0.15) is 29.5 Å².